The summed E-state index contributed by atoms with van der Waals surface area (Å²) in [6.07, 6.45) is 1.06. The minimum atomic E-state index is -0.145. The summed E-state index contributed by atoms with van der Waals surface area (Å²) in [6, 6.07) is 18.1. The molecular formula is C26H24N2O3S2. The van der Waals surface area contributed by atoms with Gasteiger partial charge in [-0.3, -0.25) is 4.79 Å². The van der Waals surface area contributed by atoms with Crippen LogP contribution in [0.4, 0.5) is 0 Å². The van der Waals surface area contributed by atoms with E-state index in [2.05, 4.69) is 11.4 Å². The largest absolute Gasteiger partial charge is 0.493 e. The molecule has 0 N–H and O–H groups in total. The number of thiazole rings is 1. The first-order valence-electron chi connectivity index (χ1n) is 10.8. The number of aromatic nitrogens is 1. The van der Waals surface area contributed by atoms with Gasteiger partial charge in [0, 0.05) is 22.4 Å². The first kappa shape index (κ1) is 21.7. The van der Waals surface area contributed by atoms with Crippen LogP contribution in [0.3, 0.4) is 0 Å². The number of rotatable bonds is 6. The SMILES string of the molecule is COc1cc2c(cc1OC)[C@@H](c1cccs1)N(C(=O)Cc1csc(-c3ccccc3)n1)CC2. The van der Waals surface area contributed by atoms with Crippen LogP contribution in [0.1, 0.15) is 27.7 Å². The molecule has 168 valence electrons. The van der Waals surface area contributed by atoms with Crippen LogP contribution in [0, 0.1) is 0 Å². The van der Waals surface area contributed by atoms with Gasteiger partial charge in [-0.05, 0) is 41.1 Å². The summed E-state index contributed by atoms with van der Waals surface area (Å²) < 4.78 is 11.1. The summed E-state index contributed by atoms with van der Waals surface area (Å²) in [5.74, 6) is 1.48. The lowest BCUT2D eigenvalue weighted by molar-refractivity contribution is -0.132. The molecule has 0 bridgehead atoms. The maximum atomic E-state index is 13.5. The number of amides is 1. The molecule has 1 aliphatic heterocycles. The summed E-state index contributed by atoms with van der Waals surface area (Å²) in [5, 5.41) is 4.99. The van der Waals surface area contributed by atoms with Gasteiger partial charge in [0.15, 0.2) is 11.5 Å². The van der Waals surface area contributed by atoms with Gasteiger partial charge in [0.25, 0.3) is 0 Å². The third-order valence-corrected chi connectivity index (χ3v) is 7.78. The predicted molar refractivity (Wildman–Crippen MR) is 132 cm³/mol. The van der Waals surface area contributed by atoms with Gasteiger partial charge in [0.2, 0.25) is 5.91 Å². The van der Waals surface area contributed by atoms with Crippen LogP contribution in [-0.4, -0.2) is 36.6 Å². The Morgan fingerprint density at radius 3 is 2.58 bits per heavy atom. The zero-order valence-corrected chi connectivity index (χ0v) is 20.1. The minimum absolute atomic E-state index is 0.0822. The second kappa shape index (κ2) is 9.37. The third kappa shape index (κ3) is 4.26. The molecule has 3 heterocycles. The number of hydrogen-bond acceptors (Lipinski definition) is 6. The zero-order valence-electron chi connectivity index (χ0n) is 18.5. The number of hydrogen-bond donors (Lipinski definition) is 0. The van der Waals surface area contributed by atoms with Crippen LogP contribution in [0.15, 0.2) is 65.4 Å². The Labute approximate surface area is 201 Å². The minimum Gasteiger partial charge on any atom is -0.493 e. The van der Waals surface area contributed by atoms with Crippen molar-refractivity contribution in [2.45, 2.75) is 18.9 Å². The van der Waals surface area contributed by atoms with Crippen molar-refractivity contribution in [3.63, 3.8) is 0 Å². The fraction of sp³-hybridized carbons (Fsp3) is 0.231. The number of ether oxygens (including phenoxy) is 2. The second-order valence-corrected chi connectivity index (χ2v) is 9.69. The molecule has 0 radical (unpaired) electrons. The second-order valence-electron chi connectivity index (χ2n) is 7.85. The molecular weight excluding hydrogens is 452 g/mol. The molecule has 7 heteroatoms. The molecule has 4 aromatic rings. The highest BCUT2D eigenvalue weighted by molar-refractivity contribution is 7.13. The Bertz CT molecular complexity index is 1250. The van der Waals surface area contributed by atoms with E-state index in [0.717, 1.165) is 38.9 Å². The molecule has 0 saturated heterocycles. The van der Waals surface area contributed by atoms with E-state index in [9.17, 15) is 4.79 Å². The Morgan fingerprint density at radius 1 is 1.06 bits per heavy atom. The smallest absolute Gasteiger partial charge is 0.229 e. The van der Waals surface area contributed by atoms with Gasteiger partial charge in [0.05, 0.1) is 32.4 Å². The van der Waals surface area contributed by atoms with Crippen molar-refractivity contribution in [1.82, 2.24) is 9.88 Å². The van der Waals surface area contributed by atoms with Crippen molar-refractivity contribution in [3.05, 3.63) is 87.1 Å². The molecule has 33 heavy (non-hydrogen) atoms. The van der Waals surface area contributed by atoms with E-state index in [0.29, 0.717) is 12.3 Å². The molecule has 1 atom stereocenters. The quantitative estimate of drug-likeness (QED) is 0.363. The van der Waals surface area contributed by atoms with E-state index in [1.807, 2.05) is 58.8 Å². The third-order valence-electron chi connectivity index (χ3n) is 5.91. The van der Waals surface area contributed by atoms with Crippen molar-refractivity contribution in [3.8, 4) is 22.1 Å². The predicted octanol–water partition coefficient (Wildman–Crippen LogP) is 5.61. The van der Waals surface area contributed by atoms with E-state index in [1.54, 1.807) is 36.9 Å². The lowest BCUT2D eigenvalue weighted by Gasteiger charge is -2.37. The van der Waals surface area contributed by atoms with Gasteiger partial charge in [0.1, 0.15) is 5.01 Å². The number of nitrogens with zero attached hydrogens (tertiary/aromatic N) is 2. The summed E-state index contributed by atoms with van der Waals surface area (Å²) in [7, 11) is 3.29. The van der Waals surface area contributed by atoms with E-state index < -0.39 is 0 Å². The molecule has 2 aromatic carbocycles. The number of thiophene rings is 1. The Balaban J connectivity index is 1.45. The van der Waals surface area contributed by atoms with E-state index in [-0.39, 0.29) is 18.4 Å². The maximum absolute atomic E-state index is 13.5. The number of carbonyl (C=O) groups is 1. The molecule has 0 spiro atoms. The van der Waals surface area contributed by atoms with Crippen LogP contribution in [0.2, 0.25) is 0 Å². The van der Waals surface area contributed by atoms with Crippen molar-refractivity contribution in [2.24, 2.45) is 0 Å². The maximum Gasteiger partial charge on any atom is 0.229 e. The topological polar surface area (TPSA) is 51.7 Å². The zero-order chi connectivity index (χ0) is 22.8. The highest BCUT2D eigenvalue weighted by Crippen LogP contribution is 2.42. The molecule has 5 nitrogen and oxygen atoms in total. The highest BCUT2D eigenvalue weighted by atomic mass is 32.1. The Kier molecular flexibility index (Phi) is 6.15. The average molecular weight is 477 g/mol. The first-order chi connectivity index (χ1) is 16.2. The molecule has 0 unspecified atom stereocenters. The normalized spacial score (nSPS) is 15.2. The fourth-order valence-electron chi connectivity index (χ4n) is 4.33. The van der Waals surface area contributed by atoms with Gasteiger partial charge in [-0.1, -0.05) is 36.4 Å². The monoisotopic (exact) mass is 476 g/mol. The van der Waals surface area contributed by atoms with E-state index >= 15 is 0 Å². The molecule has 1 amide bonds. The molecule has 0 fully saturated rings. The van der Waals surface area contributed by atoms with Crippen LogP contribution >= 0.6 is 22.7 Å². The summed E-state index contributed by atoms with van der Waals surface area (Å²) in [4.78, 5) is 21.4. The Morgan fingerprint density at radius 2 is 1.85 bits per heavy atom. The van der Waals surface area contributed by atoms with Gasteiger partial charge in [-0.15, -0.1) is 22.7 Å². The lowest BCUT2D eigenvalue weighted by Crippen LogP contribution is -2.41. The van der Waals surface area contributed by atoms with Crippen LogP contribution in [0.25, 0.3) is 10.6 Å². The summed E-state index contributed by atoms with van der Waals surface area (Å²) in [6.45, 7) is 0.652. The molecule has 0 saturated carbocycles. The van der Waals surface area contributed by atoms with Crippen molar-refractivity contribution in [1.29, 1.82) is 0 Å². The highest BCUT2D eigenvalue weighted by Gasteiger charge is 2.34. The average Bonchev–Trinajstić information content (AvgIpc) is 3.55. The van der Waals surface area contributed by atoms with Gasteiger partial charge < -0.3 is 14.4 Å². The molecule has 2 aromatic heterocycles. The molecule has 5 rings (SSSR count). The first-order valence-corrected chi connectivity index (χ1v) is 12.5. The van der Waals surface area contributed by atoms with Gasteiger partial charge in [-0.2, -0.15) is 0 Å². The van der Waals surface area contributed by atoms with Gasteiger partial charge in [-0.25, -0.2) is 4.98 Å². The number of methoxy groups -OCH3 is 2. The number of fused-ring (bicyclic) bond motifs is 1. The van der Waals surface area contributed by atoms with Crippen LogP contribution in [-0.2, 0) is 17.6 Å². The van der Waals surface area contributed by atoms with Crippen LogP contribution < -0.4 is 9.47 Å². The van der Waals surface area contributed by atoms with Crippen molar-refractivity contribution in [2.75, 3.05) is 20.8 Å². The molecule has 1 aliphatic rings. The number of benzene rings is 2. The fourth-order valence-corrected chi connectivity index (χ4v) is 6.01. The van der Waals surface area contributed by atoms with E-state index in [4.69, 9.17) is 14.5 Å². The van der Waals surface area contributed by atoms with Crippen molar-refractivity contribution < 1.29 is 14.3 Å². The van der Waals surface area contributed by atoms with E-state index in [1.165, 1.54) is 5.56 Å². The molecule has 0 aliphatic carbocycles. The van der Waals surface area contributed by atoms with Gasteiger partial charge >= 0.3 is 0 Å². The van der Waals surface area contributed by atoms with Crippen LogP contribution in [0.5, 0.6) is 11.5 Å². The number of carbonyl (C=O) groups excluding carboxylic acids is 1. The summed E-state index contributed by atoms with van der Waals surface area (Å²) in [5.41, 5.74) is 4.17. The standard InChI is InChI=1S/C26H24N2O3S2/c1-30-21-13-18-10-11-28(25(23-9-6-12-32-23)20(18)15-22(21)31-2)24(29)14-19-16-33-26(27-19)17-7-4-3-5-8-17/h3-9,12-13,15-16,25H,10-11,14H2,1-2H3/t25-/m0/s1. The lowest BCUT2D eigenvalue weighted by atomic mass is 9.90. The van der Waals surface area contributed by atoms with Crippen molar-refractivity contribution >= 4 is 28.6 Å². The Hall–Kier alpha value is -3.16. The summed E-state index contributed by atoms with van der Waals surface area (Å²) >= 11 is 3.24.